The summed E-state index contributed by atoms with van der Waals surface area (Å²) in [6.45, 7) is 7.39. The van der Waals surface area contributed by atoms with E-state index in [1.165, 1.54) is 37.2 Å². The summed E-state index contributed by atoms with van der Waals surface area (Å²) >= 11 is 0. The fourth-order valence-corrected chi connectivity index (χ4v) is 2.72. The lowest BCUT2D eigenvalue weighted by Gasteiger charge is -2.22. The van der Waals surface area contributed by atoms with Gasteiger partial charge in [0.15, 0.2) is 0 Å². The van der Waals surface area contributed by atoms with Crippen LogP contribution in [-0.4, -0.2) is 33.4 Å². The zero-order chi connectivity index (χ0) is 13.5. The lowest BCUT2D eigenvalue weighted by atomic mass is 10.1. The van der Waals surface area contributed by atoms with E-state index in [-0.39, 0.29) is 0 Å². The van der Waals surface area contributed by atoms with E-state index in [1.54, 1.807) is 7.11 Å². The number of nitrogens with one attached hydrogen (secondary N) is 1. The minimum Gasteiger partial charge on any atom is -0.384 e. The fraction of sp³-hybridized carbons (Fsp3) is 0.625. The number of hydrogen-bond acceptors (Lipinski definition) is 3. The molecule has 1 aliphatic heterocycles. The van der Waals surface area contributed by atoms with Crippen LogP contribution in [0.1, 0.15) is 25.3 Å². The Hall–Kier alpha value is -1.06. The molecular weight excluding hydrogens is 236 g/mol. The van der Waals surface area contributed by atoms with Gasteiger partial charge in [0.25, 0.3) is 0 Å². The Labute approximate surface area is 116 Å². The van der Waals surface area contributed by atoms with Gasteiger partial charge in [0.05, 0.1) is 0 Å². The molecule has 2 rings (SSSR count). The van der Waals surface area contributed by atoms with Crippen molar-refractivity contribution in [3.63, 3.8) is 0 Å². The Balaban J connectivity index is 1.89. The predicted molar refractivity (Wildman–Crippen MR) is 80.6 cm³/mol. The number of anilines is 1. The molecule has 0 aromatic heterocycles. The molecule has 0 spiro atoms. The van der Waals surface area contributed by atoms with Gasteiger partial charge in [-0.25, -0.2) is 0 Å². The molecule has 1 aromatic rings. The highest BCUT2D eigenvalue weighted by Gasteiger charge is 2.14. The Morgan fingerprint density at radius 1 is 1.26 bits per heavy atom. The minimum atomic E-state index is 0.559. The SMILES string of the molecule is COCC(C)CNCc1ccccc1N1CCCC1. The molecule has 1 atom stereocenters. The molecule has 1 aliphatic rings. The zero-order valence-corrected chi connectivity index (χ0v) is 12.2. The highest BCUT2D eigenvalue weighted by molar-refractivity contribution is 5.54. The van der Waals surface area contributed by atoms with Crippen LogP contribution in [0.3, 0.4) is 0 Å². The van der Waals surface area contributed by atoms with Gasteiger partial charge in [0, 0.05) is 45.6 Å². The third-order valence-electron chi connectivity index (χ3n) is 3.70. The normalized spacial score (nSPS) is 16.8. The molecule has 0 amide bonds. The Bertz CT molecular complexity index is 375. The number of benzene rings is 1. The van der Waals surface area contributed by atoms with E-state index < -0.39 is 0 Å². The standard InChI is InChI=1S/C16H26N2O/c1-14(13-19-2)11-17-12-15-7-3-4-8-16(15)18-9-5-6-10-18/h3-4,7-8,14,17H,5-6,9-13H2,1-2H3. The summed E-state index contributed by atoms with van der Waals surface area (Å²) in [4.78, 5) is 2.51. The van der Waals surface area contributed by atoms with E-state index in [9.17, 15) is 0 Å². The van der Waals surface area contributed by atoms with Crippen molar-refractivity contribution >= 4 is 5.69 Å². The number of rotatable bonds is 7. The van der Waals surface area contributed by atoms with Gasteiger partial charge >= 0.3 is 0 Å². The predicted octanol–water partition coefficient (Wildman–Crippen LogP) is 2.66. The lowest BCUT2D eigenvalue weighted by Crippen LogP contribution is -2.25. The molecule has 106 valence electrons. The Morgan fingerprint density at radius 3 is 2.74 bits per heavy atom. The third-order valence-corrected chi connectivity index (χ3v) is 3.70. The lowest BCUT2D eigenvalue weighted by molar-refractivity contribution is 0.158. The maximum Gasteiger partial charge on any atom is 0.0499 e. The van der Waals surface area contributed by atoms with E-state index >= 15 is 0 Å². The van der Waals surface area contributed by atoms with E-state index in [0.29, 0.717) is 5.92 Å². The molecule has 0 aliphatic carbocycles. The average molecular weight is 262 g/mol. The Morgan fingerprint density at radius 2 is 2.00 bits per heavy atom. The number of hydrogen-bond donors (Lipinski definition) is 1. The maximum atomic E-state index is 5.16. The van der Waals surface area contributed by atoms with Crippen molar-refractivity contribution < 1.29 is 4.74 Å². The van der Waals surface area contributed by atoms with Gasteiger partial charge in [-0.15, -0.1) is 0 Å². The molecule has 1 aromatic carbocycles. The second-order valence-electron chi connectivity index (χ2n) is 5.51. The molecule has 0 radical (unpaired) electrons. The summed E-state index contributed by atoms with van der Waals surface area (Å²) in [6.07, 6.45) is 2.65. The van der Waals surface area contributed by atoms with Crippen LogP contribution in [0.4, 0.5) is 5.69 Å². The molecule has 1 unspecified atom stereocenters. The number of ether oxygens (including phenoxy) is 1. The van der Waals surface area contributed by atoms with Crippen molar-refractivity contribution in [2.24, 2.45) is 5.92 Å². The highest BCUT2D eigenvalue weighted by atomic mass is 16.5. The summed E-state index contributed by atoms with van der Waals surface area (Å²) in [7, 11) is 1.76. The average Bonchev–Trinajstić information content (AvgIpc) is 2.93. The molecular formula is C16H26N2O. The second-order valence-corrected chi connectivity index (χ2v) is 5.51. The van der Waals surface area contributed by atoms with Crippen LogP contribution >= 0.6 is 0 Å². The van der Waals surface area contributed by atoms with E-state index in [4.69, 9.17) is 4.74 Å². The zero-order valence-electron chi connectivity index (χ0n) is 12.2. The van der Waals surface area contributed by atoms with Crippen LogP contribution in [0.15, 0.2) is 24.3 Å². The number of para-hydroxylation sites is 1. The fourth-order valence-electron chi connectivity index (χ4n) is 2.72. The van der Waals surface area contributed by atoms with Gasteiger partial charge in [-0.3, -0.25) is 0 Å². The first kappa shape index (κ1) is 14.4. The largest absolute Gasteiger partial charge is 0.384 e. The van der Waals surface area contributed by atoms with Gasteiger partial charge < -0.3 is 15.0 Å². The highest BCUT2D eigenvalue weighted by Crippen LogP contribution is 2.24. The van der Waals surface area contributed by atoms with Gasteiger partial charge in [-0.1, -0.05) is 25.1 Å². The van der Waals surface area contributed by atoms with Crippen LogP contribution in [0.25, 0.3) is 0 Å². The summed E-state index contributed by atoms with van der Waals surface area (Å²) < 4.78 is 5.16. The van der Waals surface area contributed by atoms with Crippen molar-refractivity contribution in [2.75, 3.05) is 38.3 Å². The topological polar surface area (TPSA) is 24.5 Å². The first-order chi connectivity index (χ1) is 9.31. The summed E-state index contributed by atoms with van der Waals surface area (Å²) in [5.41, 5.74) is 2.82. The number of nitrogens with zero attached hydrogens (tertiary/aromatic N) is 1. The molecule has 1 heterocycles. The Kier molecular flexibility index (Phi) is 5.67. The molecule has 3 nitrogen and oxygen atoms in total. The molecule has 1 N–H and O–H groups in total. The van der Waals surface area contributed by atoms with Crippen molar-refractivity contribution in [3.05, 3.63) is 29.8 Å². The van der Waals surface area contributed by atoms with Crippen molar-refractivity contribution in [1.29, 1.82) is 0 Å². The van der Waals surface area contributed by atoms with Gasteiger partial charge in [-0.05, 0) is 30.4 Å². The summed E-state index contributed by atoms with van der Waals surface area (Å²) in [5, 5.41) is 3.54. The maximum absolute atomic E-state index is 5.16. The second kappa shape index (κ2) is 7.51. The molecule has 0 bridgehead atoms. The molecule has 1 fully saturated rings. The summed E-state index contributed by atoms with van der Waals surface area (Å²) in [5.74, 6) is 0.559. The number of methoxy groups -OCH3 is 1. The van der Waals surface area contributed by atoms with E-state index in [0.717, 1.165) is 19.7 Å². The van der Waals surface area contributed by atoms with Gasteiger partial charge in [0.2, 0.25) is 0 Å². The quantitative estimate of drug-likeness (QED) is 0.817. The van der Waals surface area contributed by atoms with E-state index in [2.05, 4.69) is 41.4 Å². The van der Waals surface area contributed by atoms with Gasteiger partial charge in [-0.2, -0.15) is 0 Å². The monoisotopic (exact) mass is 262 g/mol. The molecule has 0 saturated carbocycles. The van der Waals surface area contributed by atoms with Crippen LogP contribution in [0.5, 0.6) is 0 Å². The van der Waals surface area contributed by atoms with Crippen molar-refractivity contribution in [1.82, 2.24) is 5.32 Å². The third kappa shape index (κ3) is 4.22. The van der Waals surface area contributed by atoms with Crippen LogP contribution in [0, 0.1) is 5.92 Å². The first-order valence-electron chi connectivity index (χ1n) is 7.33. The molecule has 3 heteroatoms. The minimum absolute atomic E-state index is 0.559. The molecule has 19 heavy (non-hydrogen) atoms. The van der Waals surface area contributed by atoms with E-state index in [1.807, 2.05) is 0 Å². The first-order valence-corrected chi connectivity index (χ1v) is 7.33. The molecule has 1 saturated heterocycles. The van der Waals surface area contributed by atoms with Gasteiger partial charge in [0.1, 0.15) is 0 Å². The van der Waals surface area contributed by atoms with Crippen LogP contribution < -0.4 is 10.2 Å². The van der Waals surface area contributed by atoms with Crippen LogP contribution in [0.2, 0.25) is 0 Å². The van der Waals surface area contributed by atoms with Crippen molar-refractivity contribution in [2.45, 2.75) is 26.3 Å². The van der Waals surface area contributed by atoms with Crippen LogP contribution in [-0.2, 0) is 11.3 Å². The van der Waals surface area contributed by atoms with Crippen molar-refractivity contribution in [3.8, 4) is 0 Å². The summed E-state index contributed by atoms with van der Waals surface area (Å²) in [6, 6.07) is 8.77. The smallest absolute Gasteiger partial charge is 0.0499 e.